The van der Waals surface area contributed by atoms with E-state index in [0.29, 0.717) is 17.9 Å². The van der Waals surface area contributed by atoms with Crippen molar-refractivity contribution in [3.05, 3.63) is 29.8 Å². The van der Waals surface area contributed by atoms with E-state index in [2.05, 4.69) is 10.6 Å². The second kappa shape index (κ2) is 8.66. The molecule has 0 atom stereocenters. The minimum absolute atomic E-state index is 0.226. The van der Waals surface area contributed by atoms with Gasteiger partial charge in [0.15, 0.2) is 4.84 Å². The highest BCUT2D eigenvalue weighted by Gasteiger charge is 2.10. The van der Waals surface area contributed by atoms with Gasteiger partial charge in [0.2, 0.25) is 0 Å². The van der Waals surface area contributed by atoms with Crippen molar-refractivity contribution >= 4 is 35.0 Å². The first-order valence-electron chi connectivity index (χ1n) is 6.11. The number of benzene rings is 1. The molecule has 110 valence electrons. The van der Waals surface area contributed by atoms with Crippen LogP contribution in [0.5, 0.6) is 5.75 Å². The lowest BCUT2D eigenvalue weighted by molar-refractivity contribution is -0.119. The van der Waals surface area contributed by atoms with Gasteiger partial charge in [-0.2, -0.15) is 0 Å². The molecule has 2 amide bonds. The first-order valence-corrected chi connectivity index (χ1v) is 6.98. The lowest BCUT2D eigenvalue weighted by atomic mass is 10.2. The zero-order valence-electron chi connectivity index (χ0n) is 11.0. The molecule has 0 aliphatic rings. The molecule has 0 bridgehead atoms. The summed E-state index contributed by atoms with van der Waals surface area (Å²) in [6.45, 7) is 3.02. The van der Waals surface area contributed by atoms with Gasteiger partial charge in [0.1, 0.15) is 5.75 Å². The molecule has 0 unspecified atom stereocenters. The van der Waals surface area contributed by atoms with Gasteiger partial charge in [0, 0.05) is 18.7 Å². The second-order valence-corrected chi connectivity index (χ2v) is 4.90. The topological polar surface area (TPSA) is 67.4 Å². The van der Waals surface area contributed by atoms with Crippen LogP contribution in [0.15, 0.2) is 24.3 Å². The smallest absolute Gasteiger partial charge is 0.253 e. The number of rotatable bonds is 7. The number of carbonyl (C=O) groups excluding carboxylic acids is 2. The highest BCUT2D eigenvalue weighted by molar-refractivity contribution is 6.53. The van der Waals surface area contributed by atoms with E-state index in [1.54, 1.807) is 24.3 Å². The van der Waals surface area contributed by atoms with E-state index >= 15 is 0 Å². The molecule has 20 heavy (non-hydrogen) atoms. The largest absolute Gasteiger partial charge is 0.494 e. The van der Waals surface area contributed by atoms with Crippen LogP contribution in [0.4, 0.5) is 0 Å². The van der Waals surface area contributed by atoms with Crippen LogP contribution in [-0.4, -0.2) is 36.3 Å². The maximum absolute atomic E-state index is 11.8. The standard InChI is InChI=1S/C13H16Cl2N2O3/c1-2-20-10-5-3-9(4-6-10)12(18)16-7-8-17-13(19)11(14)15/h3-6,11H,2,7-8H2,1H3,(H,16,18)(H,17,19). The van der Waals surface area contributed by atoms with Crippen molar-refractivity contribution in [2.24, 2.45) is 0 Å². The van der Waals surface area contributed by atoms with E-state index in [4.69, 9.17) is 27.9 Å². The van der Waals surface area contributed by atoms with Crippen molar-refractivity contribution < 1.29 is 14.3 Å². The number of amides is 2. The predicted molar refractivity (Wildman–Crippen MR) is 78.4 cm³/mol. The molecule has 0 saturated carbocycles. The lowest BCUT2D eigenvalue weighted by Gasteiger charge is -2.08. The molecule has 2 N–H and O–H groups in total. The van der Waals surface area contributed by atoms with Crippen molar-refractivity contribution in [1.82, 2.24) is 10.6 Å². The summed E-state index contributed by atoms with van der Waals surface area (Å²) in [6, 6.07) is 6.80. The highest BCUT2D eigenvalue weighted by Crippen LogP contribution is 2.11. The van der Waals surface area contributed by atoms with E-state index < -0.39 is 10.7 Å². The summed E-state index contributed by atoms with van der Waals surface area (Å²) >= 11 is 10.7. The fourth-order valence-electron chi connectivity index (χ4n) is 1.41. The Morgan fingerprint density at radius 3 is 2.30 bits per heavy atom. The minimum Gasteiger partial charge on any atom is -0.494 e. The third-order valence-corrected chi connectivity index (χ3v) is 2.73. The zero-order valence-corrected chi connectivity index (χ0v) is 12.5. The molecule has 0 aromatic heterocycles. The number of ether oxygens (including phenoxy) is 1. The molecule has 7 heteroatoms. The van der Waals surface area contributed by atoms with Crippen molar-refractivity contribution in [2.45, 2.75) is 11.8 Å². The Morgan fingerprint density at radius 2 is 1.75 bits per heavy atom. The molecule has 1 rings (SSSR count). The Morgan fingerprint density at radius 1 is 1.15 bits per heavy atom. The SMILES string of the molecule is CCOc1ccc(C(=O)NCCNC(=O)C(Cl)Cl)cc1. The molecule has 5 nitrogen and oxygen atoms in total. The number of hydrogen-bond donors (Lipinski definition) is 2. The van der Waals surface area contributed by atoms with E-state index in [-0.39, 0.29) is 19.0 Å². The fraction of sp³-hybridized carbons (Fsp3) is 0.385. The summed E-state index contributed by atoms with van der Waals surface area (Å²) in [7, 11) is 0. The van der Waals surface area contributed by atoms with Crippen LogP contribution in [0.1, 0.15) is 17.3 Å². The van der Waals surface area contributed by atoms with Gasteiger partial charge in [-0.15, -0.1) is 0 Å². The van der Waals surface area contributed by atoms with Crippen molar-refractivity contribution in [2.75, 3.05) is 19.7 Å². The molecule has 0 radical (unpaired) electrons. The van der Waals surface area contributed by atoms with Crippen LogP contribution in [0.25, 0.3) is 0 Å². The van der Waals surface area contributed by atoms with E-state index in [1.165, 1.54) is 0 Å². The predicted octanol–water partition coefficient (Wildman–Crippen LogP) is 1.73. The van der Waals surface area contributed by atoms with Gasteiger partial charge in [-0.25, -0.2) is 0 Å². The summed E-state index contributed by atoms with van der Waals surface area (Å²) in [4.78, 5) is 21.7. The van der Waals surface area contributed by atoms with E-state index in [1.807, 2.05) is 6.92 Å². The average molecular weight is 319 g/mol. The molecular weight excluding hydrogens is 303 g/mol. The maximum Gasteiger partial charge on any atom is 0.253 e. The van der Waals surface area contributed by atoms with Crippen LogP contribution < -0.4 is 15.4 Å². The highest BCUT2D eigenvalue weighted by atomic mass is 35.5. The minimum atomic E-state index is -1.10. The first kappa shape index (κ1) is 16.6. The first-order chi connectivity index (χ1) is 9.54. The third kappa shape index (κ3) is 5.67. The molecule has 0 aliphatic carbocycles. The van der Waals surface area contributed by atoms with E-state index in [0.717, 1.165) is 0 Å². The van der Waals surface area contributed by atoms with Gasteiger partial charge >= 0.3 is 0 Å². The Kier molecular flexibility index (Phi) is 7.18. The van der Waals surface area contributed by atoms with Crippen LogP contribution in [0, 0.1) is 0 Å². The van der Waals surface area contributed by atoms with Gasteiger partial charge in [0.05, 0.1) is 6.61 Å². The fourth-order valence-corrected chi connectivity index (χ4v) is 1.56. The third-order valence-electron chi connectivity index (χ3n) is 2.34. The number of alkyl halides is 2. The summed E-state index contributed by atoms with van der Waals surface area (Å²) < 4.78 is 5.28. The number of halogens is 2. The quantitative estimate of drug-likeness (QED) is 0.594. The van der Waals surface area contributed by atoms with Gasteiger partial charge in [-0.05, 0) is 31.2 Å². The van der Waals surface area contributed by atoms with Gasteiger partial charge in [-0.1, -0.05) is 23.2 Å². The summed E-state index contributed by atoms with van der Waals surface area (Å²) in [5.74, 6) is 0.00539. The van der Waals surface area contributed by atoms with Crippen LogP contribution in [-0.2, 0) is 4.79 Å². The van der Waals surface area contributed by atoms with E-state index in [9.17, 15) is 9.59 Å². The molecule has 0 heterocycles. The second-order valence-electron chi connectivity index (χ2n) is 3.81. The summed E-state index contributed by atoms with van der Waals surface area (Å²) in [6.07, 6.45) is 0. The zero-order chi connectivity index (χ0) is 15.0. The Bertz CT molecular complexity index is 449. The molecular formula is C13H16Cl2N2O3. The van der Waals surface area contributed by atoms with Crippen LogP contribution in [0.3, 0.4) is 0 Å². The van der Waals surface area contributed by atoms with Crippen LogP contribution in [0.2, 0.25) is 0 Å². The maximum atomic E-state index is 11.8. The van der Waals surface area contributed by atoms with Gasteiger partial charge in [-0.3, -0.25) is 9.59 Å². The lowest BCUT2D eigenvalue weighted by Crippen LogP contribution is -2.36. The van der Waals surface area contributed by atoms with Crippen molar-refractivity contribution in [1.29, 1.82) is 0 Å². The molecule has 1 aromatic rings. The Labute approximate surface area is 127 Å². The molecule has 0 aliphatic heterocycles. The average Bonchev–Trinajstić information content (AvgIpc) is 2.44. The normalized spacial score (nSPS) is 10.2. The molecule has 0 spiro atoms. The number of carbonyl (C=O) groups is 2. The van der Waals surface area contributed by atoms with Crippen LogP contribution >= 0.6 is 23.2 Å². The summed E-state index contributed by atoms with van der Waals surface area (Å²) in [5.41, 5.74) is 0.521. The Hall–Kier alpha value is -1.46. The van der Waals surface area contributed by atoms with Gasteiger partial charge < -0.3 is 15.4 Å². The molecule has 1 aromatic carbocycles. The van der Waals surface area contributed by atoms with Crippen molar-refractivity contribution in [3.63, 3.8) is 0 Å². The summed E-state index contributed by atoms with van der Waals surface area (Å²) in [5, 5.41) is 5.14. The van der Waals surface area contributed by atoms with Gasteiger partial charge in [0.25, 0.3) is 11.8 Å². The monoisotopic (exact) mass is 318 g/mol. The molecule has 0 saturated heterocycles. The molecule has 0 fully saturated rings. The van der Waals surface area contributed by atoms with Crippen molar-refractivity contribution in [3.8, 4) is 5.75 Å². The Balaban J connectivity index is 2.34. The number of nitrogens with one attached hydrogen (secondary N) is 2. The number of hydrogen-bond acceptors (Lipinski definition) is 3.